The molecular formula is C11H11FO3S. The molecule has 1 aliphatic rings. The number of carboxylic acids is 1. The first kappa shape index (κ1) is 11.3. The van der Waals surface area contributed by atoms with Crippen LogP contribution in [-0.4, -0.2) is 28.2 Å². The van der Waals surface area contributed by atoms with E-state index in [1.54, 1.807) is 6.07 Å². The van der Waals surface area contributed by atoms with Gasteiger partial charge in [-0.25, -0.2) is 9.18 Å². The second kappa shape index (κ2) is 4.33. The van der Waals surface area contributed by atoms with Crippen LogP contribution in [0.3, 0.4) is 0 Å². The van der Waals surface area contributed by atoms with Crippen molar-refractivity contribution in [3.8, 4) is 5.75 Å². The van der Waals surface area contributed by atoms with Crippen molar-refractivity contribution < 1.29 is 19.0 Å². The summed E-state index contributed by atoms with van der Waals surface area (Å²) in [6, 6.07) is 5.57. The maximum Gasteiger partial charge on any atom is 0.348 e. The van der Waals surface area contributed by atoms with E-state index in [1.165, 1.54) is 30.0 Å². The first-order chi connectivity index (χ1) is 7.62. The van der Waals surface area contributed by atoms with Gasteiger partial charge in [0.25, 0.3) is 0 Å². The van der Waals surface area contributed by atoms with E-state index in [-0.39, 0.29) is 5.75 Å². The van der Waals surface area contributed by atoms with Crippen LogP contribution in [0.5, 0.6) is 5.75 Å². The molecule has 86 valence electrons. The van der Waals surface area contributed by atoms with Gasteiger partial charge in [-0.1, -0.05) is 6.07 Å². The predicted octanol–water partition coefficient (Wildman–Crippen LogP) is 2.16. The third-order valence-electron chi connectivity index (χ3n) is 2.48. The smallest absolute Gasteiger partial charge is 0.348 e. The average molecular weight is 242 g/mol. The van der Waals surface area contributed by atoms with Gasteiger partial charge < -0.3 is 9.84 Å². The minimum atomic E-state index is -1.20. The molecule has 0 bridgehead atoms. The molecule has 1 saturated heterocycles. The van der Waals surface area contributed by atoms with E-state index in [0.29, 0.717) is 12.2 Å². The van der Waals surface area contributed by atoms with Crippen molar-refractivity contribution in [1.29, 1.82) is 0 Å². The van der Waals surface area contributed by atoms with Gasteiger partial charge in [-0.3, -0.25) is 0 Å². The number of halogens is 1. The number of hydrogen-bond acceptors (Lipinski definition) is 3. The van der Waals surface area contributed by atoms with Gasteiger partial charge in [0.15, 0.2) is 0 Å². The summed E-state index contributed by atoms with van der Waals surface area (Å²) in [6.45, 7) is 0. The van der Waals surface area contributed by atoms with E-state index in [0.717, 1.165) is 5.75 Å². The summed E-state index contributed by atoms with van der Waals surface area (Å²) in [7, 11) is 0. The molecule has 3 nitrogen and oxygen atoms in total. The van der Waals surface area contributed by atoms with Crippen molar-refractivity contribution >= 4 is 17.7 Å². The largest absolute Gasteiger partial charge is 0.478 e. The molecule has 0 amide bonds. The lowest BCUT2D eigenvalue weighted by atomic mass is 10.0. The Balaban J connectivity index is 2.21. The summed E-state index contributed by atoms with van der Waals surface area (Å²) < 4.78 is 18.4. The Morgan fingerprint density at radius 3 is 2.94 bits per heavy atom. The van der Waals surface area contributed by atoms with Crippen LogP contribution in [0.4, 0.5) is 4.39 Å². The maximum atomic E-state index is 12.9. The van der Waals surface area contributed by atoms with Crippen molar-refractivity contribution in [2.45, 2.75) is 12.0 Å². The molecule has 1 aliphatic heterocycles. The summed E-state index contributed by atoms with van der Waals surface area (Å²) >= 11 is 1.53. The maximum absolute atomic E-state index is 12.9. The monoisotopic (exact) mass is 242 g/mol. The molecule has 0 saturated carbocycles. The zero-order chi connectivity index (χ0) is 11.6. The summed E-state index contributed by atoms with van der Waals surface area (Å²) in [6.07, 6.45) is 0.448. The molecule has 0 aromatic heterocycles. The quantitative estimate of drug-likeness (QED) is 0.882. The fraction of sp³-hybridized carbons (Fsp3) is 0.364. The molecule has 0 aliphatic carbocycles. The van der Waals surface area contributed by atoms with Crippen LogP contribution in [0.1, 0.15) is 6.42 Å². The van der Waals surface area contributed by atoms with E-state index < -0.39 is 17.4 Å². The van der Waals surface area contributed by atoms with Gasteiger partial charge in [-0.15, -0.1) is 0 Å². The third-order valence-corrected chi connectivity index (χ3v) is 3.65. The number of rotatable bonds is 3. The Hall–Kier alpha value is -1.23. The number of carboxylic acid groups (broad SMARTS) is 1. The van der Waals surface area contributed by atoms with Crippen molar-refractivity contribution in [2.75, 3.05) is 11.5 Å². The Labute approximate surface area is 96.6 Å². The molecule has 1 atom stereocenters. The first-order valence-electron chi connectivity index (χ1n) is 4.88. The summed E-state index contributed by atoms with van der Waals surface area (Å²) in [4.78, 5) is 11.2. The minimum absolute atomic E-state index is 0.268. The average Bonchev–Trinajstić information content (AvgIpc) is 2.67. The van der Waals surface area contributed by atoms with Crippen molar-refractivity contribution in [3.63, 3.8) is 0 Å². The molecule has 1 aromatic carbocycles. The molecule has 16 heavy (non-hydrogen) atoms. The lowest BCUT2D eigenvalue weighted by Crippen LogP contribution is -2.44. The van der Waals surface area contributed by atoms with Gasteiger partial charge in [0.1, 0.15) is 11.6 Å². The molecule has 5 heteroatoms. The fourth-order valence-electron chi connectivity index (χ4n) is 1.60. The standard InChI is InChI=1S/C11H11FO3S/c12-8-2-1-3-9(6-8)15-11(10(13)14)4-5-16-7-11/h1-3,6H,4-5,7H2,(H,13,14). The Morgan fingerprint density at radius 1 is 1.56 bits per heavy atom. The fourth-order valence-corrected chi connectivity index (χ4v) is 2.87. The van der Waals surface area contributed by atoms with Crippen LogP contribution in [0, 0.1) is 5.82 Å². The number of benzene rings is 1. The zero-order valence-electron chi connectivity index (χ0n) is 8.48. The zero-order valence-corrected chi connectivity index (χ0v) is 9.30. The summed E-state index contributed by atoms with van der Waals surface area (Å²) in [5.74, 6) is 0.0100. The molecule has 1 aromatic rings. The van der Waals surface area contributed by atoms with Gasteiger partial charge in [0.2, 0.25) is 5.60 Å². The molecule has 0 radical (unpaired) electrons. The lowest BCUT2D eigenvalue weighted by molar-refractivity contribution is -0.153. The lowest BCUT2D eigenvalue weighted by Gasteiger charge is -2.24. The van der Waals surface area contributed by atoms with E-state index in [9.17, 15) is 9.18 Å². The Bertz CT molecular complexity index is 402. The van der Waals surface area contributed by atoms with Crippen molar-refractivity contribution in [1.82, 2.24) is 0 Å². The molecule has 2 rings (SSSR count). The molecule has 1 unspecified atom stereocenters. The van der Waals surface area contributed by atoms with E-state index in [2.05, 4.69) is 0 Å². The van der Waals surface area contributed by atoms with Gasteiger partial charge in [0, 0.05) is 18.2 Å². The topological polar surface area (TPSA) is 46.5 Å². The number of thioether (sulfide) groups is 1. The normalized spacial score (nSPS) is 24.3. The van der Waals surface area contributed by atoms with E-state index in [1.807, 2.05) is 0 Å². The highest BCUT2D eigenvalue weighted by molar-refractivity contribution is 7.99. The van der Waals surface area contributed by atoms with Crippen LogP contribution in [0.15, 0.2) is 24.3 Å². The highest BCUT2D eigenvalue weighted by Crippen LogP contribution is 2.33. The highest BCUT2D eigenvalue weighted by Gasteiger charge is 2.44. The molecule has 1 N–H and O–H groups in total. The first-order valence-corrected chi connectivity index (χ1v) is 6.04. The second-order valence-electron chi connectivity index (χ2n) is 3.66. The third kappa shape index (κ3) is 2.14. The minimum Gasteiger partial charge on any atom is -0.478 e. The Kier molecular flexibility index (Phi) is 3.05. The number of ether oxygens (including phenoxy) is 1. The summed E-state index contributed by atoms with van der Waals surface area (Å²) in [5, 5.41) is 9.16. The molecule has 0 spiro atoms. The van der Waals surface area contributed by atoms with E-state index >= 15 is 0 Å². The SMILES string of the molecule is O=C(O)C1(Oc2cccc(F)c2)CCSC1. The second-order valence-corrected chi connectivity index (χ2v) is 4.77. The predicted molar refractivity (Wildman–Crippen MR) is 59.3 cm³/mol. The highest BCUT2D eigenvalue weighted by atomic mass is 32.2. The molecule has 1 heterocycles. The van der Waals surface area contributed by atoms with Crippen molar-refractivity contribution in [2.24, 2.45) is 0 Å². The van der Waals surface area contributed by atoms with Crippen LogP contribution in [-0.2, 0) is 4.79 Å². The molecule has 1 fully saturated rings. The van der Waals surface area contributed by atoms with Crippen LogP contribution < -0.4 is 4.74 Å². The number of hydrogen-bond donors (Lipinski definition) is 1. The number of carbonyl (C=O) groups is 1. The van der Waals surface area contributed by atoms with Gasteiger partial charge >= 0.3 is 5.97 Å². The van der Waals surface area contributed by atoms with Crippen molar-refractivity contribution in [3.05, 3.63) is 30.1 Å². The van der Waals surface area contributed by atoms with Crippen LogP contribution >= 0.6 is 11.8 Å². The Morgan fingerprint density at radius 2 is 2.38 bits per heavy atom. The van der Waals surface area contributed by atoms with Gasteiger partial charge in [0.05, 0.1) is 0 Å². The number of aliphatic carboxylic acids is 1. The van der Waals surface area contributed by atoms with Gasteiger partial charge in [-0.05, 0) is 17.9 Å². The van der Waals surface area contributed by atoms with Gasteiger partial charge in [-0.2, -0.15) is 11.8 Å². The van der Waals surface area contributed by atoms with Crippen LogP contribution in [0.2, 0.25) is 0 Å². The van der Waals surface area contributed by atoms with E-state index in [4.69, 9.17) is 9.84 Å². The van der Waals surface area contributed by atoms with Crippen LogP contribution in [0.25, 0.3) is 0 Å². The molecular weight excluding hydrogens is 231 g/mol. The summed E-state index contributed by atoms with van der Waals surface area (Å²) in [5.41, 5.74) is -1.20.